The van der Waals surface area contributed by atoms with Gasteiger partial charge in [-0.25, -0.2) is 9.13 Å². The van der Waals surface area contributed by atoms with Gasteiger partial charge in [0.15, 0.2) is 12.2 Å². The van der Waals surface area contributed by atoms with Gasteiger partial charge in [-0.15, -0.1) is 0 Å². The van der Waals surface area contributed by atoms with E-state index in [-0.39, 0.29) is 25.7 Å². The van der Waals surface area contributed by atoms with Gasteiger partial charge in [0, 0.05) is 25.7 Å². The van der Waals surface area contributed by atoms with Crippen molar-refractivity contribution in [1.29, 1.82) is 0 Å². The van der Waals surface area contributed by atoms with Crippen LogP contribution in [0.4, 0.5) is 0 Å². The highest BCUT2D eigenvalue weighted by Gasteiger charge is 2.30. The second kappa shape index (κ2) is 67.9. The number of hydrogen-bond acceptors (Lipinski definition) is 15. The van der Waals surface area contributed by atoms with Crippen molar-refractivity contribution >= 4 is 39.5 Å². The molecule has 0 aromatic heterocycles. The number of hydrogen-bond donors (Lipinski definition) is 3. The van der Waals surface area contributed by atoms with E-state index in [0.717, 1.165) is 102 Å². The fraction of sp³-hybridized carbons (Fsp3) is 0.947. The molecule has 0 rings (SSSR count). The molecule has 2 unspecified atom stereocenters. The predicted octanol–water partition coefficient (Wildman–Crippen LogP) is 22.3. The molecule has 17 nitrogen and oxygen atoms in total. The van der Waals surface area contributed by atoms with Gasteiger partial charge in [-0.2, -0.15) is 0 Å². The molecule has 0 radical (unpaired) electrons. The van der Waals surface area contributed by atoms with E-state index in [1.807, 2.05) is 0 Å². The Hall–Kier alpha value is -1.94. The minimum atomic E-state index is -4.96. The van der Waals surface area contributed by atoms with Gasteiger partial charge in [0.05, 0.1) is 26.4 Å². The van der Waals surface area contributed by atoms with E-state index in [2.05, 4.69) is 41.5 Å². The average molecular weight is 1400 g/mol. The van der Waals surface area contributed by atoms with E-state index in [1.54, 1.807) is 0 Å². The van der Waals surface area contributed by atoms with Gasteiger partial charge in [0.2, 0.25) is 0 Å². The summed E-state index contributed by atoms with van der Waals surface area (Å²) in [6.07, 6.45) is 55.4. The highest BCUT2D eigenvalue weighted by Crippen LogP contribution is 2.45. The van der Waals surface area contributed by atoms with Crippen LogP contribution in [0.1, 0.15) is 395 Å². The molecule has 0 heterocycles. The summed E-state index contributed by atoms with van der Waals surface area (Å²) in [4.78, 5) is 72.8. The largest absolute Gasteiger partial charge is 0.472 e. The van der Waals surface area contributed by atoms with Gasteiger partial charge >= 0.3 is 39.5 Å². The summed E-state index contributed by atoms with van der Waals surface area (Å²) in [7, 11) is -9.91. The first-order valence-electron chi connectivity index (χ1n) is 39.5. The number of rotatable bonds is 75. The summed E-state index contributed by atoms with van der Waals surface area (Å²) in [6.45, 7) is 9.59. The van der Waals surface area contributed by atoms with E-state index in [0.29, 0.717) is 25.7 Å². The van der Waals surface area contributed by atoms with Crippen molar-refractivity contribution in [2.24, 2.45) is 11.8 Å². The lowest BCUT2D eigenvalue weighted by molar-refractivity contribution is -0.161. The summed E-state index contributed by atoms with van der Waals surface area (Å²) in [5.41, 5.74) is 0. The normalized spacial score (nSPS) is 14.0. The minimum Gasteiger partial charge on any atom is -0.462 e. The van der Waals surface area contributed by atoms with Crippen LogP contribution in [0, 0.1) is 11.8 Å². The maximum atomic E-state index is 13.1. The number of carbonyl (C=O) groups excluding carboxylic acids is 4. The number of phosphoric acid groups is 2. The molecule has 0 aliphatic carbocycles. The van der Waals surface area contributed by atoms with Gasteiger partial charge < -0.3 is 33.8 Å². The number of unbranched alkanes of at least 4 members (excludes halogenated alkanes) is 45. The molecule has 0 spiro atoms. The second-order valence-electron chi connectivity index (χ2n) is 28.3. The maximum Gasteiger partial charge on any atom is 0.472 e. The molecule has 0 fully saturated rings. The monoisotopic (exact) mass is 1400 g/mol. The molecule has 5 atom stereocenters. The Morgan fingerprint density at radius 1 is 0.284 bits per heavy atom. The lowest BCUT2D eigenvalue weighted by Crippen LogP contribution is -2.30. The Morgan fingerprint density at radius 3 is 0.716 bits per heavy atom. The Balaban J connectivity index is 5.26. The Labute approximate surface area is 581 Å². The van der Waals surface area contributed by atoms with E-state index in [1.165, 1.54) is 212 Å². The van der Waals surface area contributed by atoms with Crippen LogP contribution in [-0.4, -0.2) is 96.7 Å². The summed E-state index contributed by atoms with van der Waals surface area (Å²) in [5, 5.41) is 10.6. The average Bonchev–Trinajstić information content (AvgIpc) is 1.89. The first-order chi connectivity index (χ1) is 45.9. The molecule has 0 bridgehead atoms. The van der Waals surface area contributed by atoms with Crippen molar-refractivity contribution in [2.75, 3.05) is 39.6 Å². The number of esters is 4. The third-order valence-electron chi connectivity index (χ3n) is 17.7. The fourth-order valence-electron chi connectivity index (χ4n) is 11.7. The number of aliphatic hydroxyl groups is 1. The van der Waals surface area contributed by atoms with Gasteiger partial charge in [-0.3, -0.25) is 37.3 Å². The minimum absolute atomic E-state index is 0.106. The topological polar surface area (TPSA) is 237 Å². The molecule has 3 N–H and O–H groups in total. The van der Waals surface area contributed by atoms with Crippen LogP contribution >= 0.6 is 15.6 Å². The lowest BCUT2D eigenvalue weighted by Gasteiger charge is -2.21. The van der Waals surface area contributed by atoms with E-state index < -0.39 is 97.5 Å². The zero-order valence-corrected chi connectivity index (χ0v) is 63.8. The van der Waals surface area contributed by atoms with Crippen LogP contribution in [0.3, 0.4) is 0 Å². The molecule has 0 aromatic carbocycles. The standard InChI is InChI=1S/C76H148O17P2/c1-7-9-11-13-15-17-19-21-22-23-24-25-27-36-42-48-54-60-75(80)92-71(65-87-74(79)59-53-47-41-35-30-28-32-38-44-50-56-68(3)4)66-90-94(82,83)88-62-70(77)63-89-95(84,85)91-67-72(64-86-73(78)58-52-46-40-34-26-20-18-16-14-12-10-8-2)93-76(81)61-55-49-43-37-31-29-33-39-45-51-57-69(5)6/h68-72,77H,7-67H2,1-6H3,(H,82,83)(H,84,85)/t70-,71-,72-/m1/s1. The summed E-state index contributed by atoms with van der Waals surface area (Å²) < 4.78 is 68.6. The Bertz CT molecular complexity index is 1840. The van der Waals surface area contributed by atoms with Gasteiger partial charge in [0.25, 0.3) is 0 Å². The van der Waals surface area contributed by atoms with Crippen molar-refractivity contribution in [3.8, 4) is 0 Å². The lowest BCUT2D eigenvalue weighted by atomic mass is 10.0. The second-order valence-corrected chi connectivity index (χ2v) is 31.3. The summed E-state index contributed by atoms with van der Waals surface area (Å²) in [5.74, 6) is -0.603. The maximum absolute atomic E-state index is 13.1. The molecule has 564 valence electrons. The van der Waals surface area contributed by atoms with E-state index in [4.69, 9.17) is 37.0 Å². The van der Waals surface area contributed by atoms with Crippen LogP contribution in [-0.2, 0) is 65.4 Å². The van der Waals surface area contributed by atoms with Crippen LogP contribution in [0.25, 0.3) is 0 Å². The summed E-state index contributed by atoms with van der Waals surface area (Å²) >= 11 is 0. The zero-order chi connectivity index (χ0) is 70.0. The zero-order valence-electron chi connectivity index (χ0n) is 62.0. The van der Waals surface area contributed by atoms with Crippen LogP contribution in [0.2, 0.25) is 0 Å². The first-order valence-corrected chi connectivity index (χ1v) is 42.5. The van der Waals surface area contributed by atoms with Gasteiger partial charge in [0.1, 0.15) is 19.3 Å². The van der Waals surface area contributed by atoms with Crippen LogP contribution in [0.5, 0.6) is 0 Å². The number of phosphoric ester groups is 2. The van der Waals surface area contributed by atoms with Gasteiger partial charge in [-0.1, -0.05) is 343 Å². The van der Waals surface area contributed by atoms with Crippen molar-refractivity contribution in [2.45, 2.75) is 413 Å². The van der Waals surface area contributed by atoms with E-state index >= 15 is 0 Å². The molecule has 0 aliphatic heterocycles. The van der Waals surface area contributed by atoms with E-state index in [9.17, 15) is 43.2 Å². The van der Waals surface area contributed by atoms with Crippen LogP contribution < -0.4 is 0 Å². The molecule has 0 saturated heterocycles. The highest BCUT2D eigenvalue weighted by molar-refractivity contribution is 7.47. The molecule has 0 aromatic rings. The first kappa shape index (κ1) is 93.1. The smallest absolute Gasteiger partial charge is 0.462 e. The molecular weight excluding hydrogens is 1250 g/mol. The SMILES string of the molecule is CCCCCCCCCCCCCCCCCCCC(=O)O[C@H](COC(=O)CCCCCCCCCCCCC(C)C)COP(=O)(O)OC[C@@H](O)COP(=O)(O)OC[C@@H](COC(=O)CCCCCCCCCCCCCC)OC(=O)CCCCCCCCCCCCC(C)C. The third-order valence-corrected chi connectivity index (χ3v) is 19.6. The number of carbonyl (C=O) groups is 4. The quantitative estimate of drug-likeness (QED) is 0.0222. The fourth-order valence-corrected chi connectivity index (χ4v) is 13.2. The highest BCUT2D eigenvalue weighted by atomic mass is 31.2. The number of ether oxygens (including phenoxy) is 4. The Morgan fingerprint density at radius 2 is 0.484 bits per heavy atom. The molecule has 0 amide bonds. The van der Waals surface area contributed by atoms with Crippen molar-refractivity contribution in [3.63, 3.8) is 0 Å². The van der Waals surface area contributed by atoms with Crippen molar-refractivity contribution < 1.29 is 80.2 Å². The predicted molar refractivity (Wildman–Crippen MR) is 386 cm³/mol. The summed E-state index contributed by atoms with van der Waals surface area (Å²) in [6, 6.07) is 0. The third kappa shape index (κ3) is 70.3. The Kier molecular flexibility index (Phi) is 66.5. The van der Waals surface area contributed by atoms with Crippen molar-refractivity contribution in [1.82, 2.24) is 0 Å². The number of aliphatic hydroxyl groups excluding tert-OH is 1. The molecule has 0 aliphatic rings. The molecule has 19 heteroatoms. The van der Waals surface area contributed by atoms with Gasteiger partial charge in [-0.05, 0) is 37.5 Å². The van der Waals surface area contributed by atoms with Crippen molar-refractivity contribution in [3.05, 3.63) is 0 Å². The molecular formula is C76H148O17P2. The molecule has 0 saturated carbocycles. The molecule has 95 heavy (non-hydrogen) atoms. The van der Waals surface area contributed by atoms with Crippen LogP contribution in [0.15, 0.2) is 0 Å².